The van der Waals surface area contributed by atoms with Gasteiger partial charge in [0.2, 0.25) is 0 Å². The molecule has 3 nitrogen and oxygen atoms in total. The van der Waals surface area contributed by atoms with Gasteiger partial charge in [0.15, 0.2) is 0 Å². The van der Waals surface area contributed by atoms with Gasteiger partial charge in [0.05, 0.1) is 0 Å². The van der Waals surface area contributed by atoms with E-state index in [1.807, 2.05) is 12.3 Å². The molecule has 3 heteroatoms. The Kier molecular flexibility index (Phi) is 6.46. The first-order valence-electron chi connectivity index (χ1n) is 7.27. The SMILES string of the molecule is CCC(CNC(C)(C)C)N(C)CCc1ccccn1. The zero-order valence-corrected chi connectivity index (χ0v) is 13.1. The average Bonchev–Trinajstić information content (AvgIpc) is 2.37. The van der Waals surface area contributed by atoms with E-state index in [2.05, 4.69) is 62.1 Å². The average molecular weight is 263 g/mol. The summed E-state index contributed by atoms with van der Waals surface area (Å²) in [7, 11) is 2.21. The highest BCUT2D eigenvalue weighted by atomic mass is 15.2. The Hall–Kier alpha value is -0.930. The van der Waals surface area contributed by atoms with Crippen LogP contribution in [0, 0.1) is 0 Å². The maximum absolute atomic E-state index is 4.38. The fraction of sp³-hybridized carbons (Fsp3) is 0.688. The van der Waals surface area contributed by atoms with E-state index in [-0.39, 0.29) is 5.54 Å². The van der Waals surface area contributed by atoms with Crippen LogP contribution in [0.15, 0.2) is 24.4 Å². The summed E-state index contributed by atoms with van der Waals surface area (Å²) in [6, 6.07) is 6.71. The zero-order valence-electron chi connectivity index (χ0n) is 13.1. The quantitative estimate of drug-likeness (QED) is 0.820. The third-order valence-corrected chi connectivity index (χ3v) is 3.41. The Morgan fingerprint density at radius 1 is 1.32 bits per heavy atom. The van der Waals surface area contributed by atoms with Crippen molar-refractivity contribution in [2.75, 3.05) is 20.1 Å². The smallest absolute Gasteiger partial charge is 0.0416 e. The minimum atomic E-state index is 0.190. The number of nitrogens with zero attached hydrogens (tertiary/aromatic N) is 2. The van der Waals surface area contributed by atoms with Crippen LogP contribution >= 0.6 is 0 Å². The van der Waals surface area contributed by atoms with E-state index in [1.54, 1.807) is 0 Å². The van der Waals surface area contributed by atoms with Crippen molar-refractivity contribution in [3.8, 4) is 0 Å². The summed E-state index contributed by atoms with van der Waals surface area (Å²) in [5.74, 6) is 0. The van der Waals surface area contributed by atoms with Crippen molar-refractivity contribution in [1.29, 1.82) is 0 Å². The second-order valence-electron chi connectivity index (χ2n) is 6.24. The van der Waals surface area contributed by atoms with Crippen molar-refractivity contribution >= 4 is 0 Å². The lowest BCUT2D eigenvalue weighted by Gasteiger charge is -2.31. The molecule has 0 bridgehead atoms. The summed E-state index contributed by atoms with van der Waals surface area (Å²) >= 11 is 0. The number of aromatic nitrogens is 1. The normalized spacial score (nSPS) is 13.8. The van der Waals surface area contributed by atoms with Crippen molar-refractivity contribution in [1.82, 2.24) is 15.2 Å². The first-order valence-corrected chi connectivity index (χ1v) is 7.27. The third-order valence-electron chi connectivity index (χ3n) is 3.41. The molecule has 0 saturated heterocycles. The van der Waals surface area contributed by atoms with Gasteiger partial charge in [0.25, 0.3) is 0 Å². The third kappa shape index (κ3) is 6.69. The van der Waals surface area contributed by atoms with Gasteiger partial charge in [0.1, 0.15) is 0 Å². The zero-order chi connectivity index (χ0) is 14.3. The van der Waals surface area contributed by atoms with E-state index in [9.17, 15) is 0 Å². The number of hydrogen-bond acceptors (Lipinski definition) is 3. The molecule has 0 spiro atoms. The minimum Gasteiger partial charge on any atom is -0.311 e. The highest BCUT2D eigenvalue weighted by Crippen LogP contribution is 2.06. The monoisotopic (exact) mass is 263 g/mol. The lowest BCUT2D eigenvalue weighted by Crippen LogP contribution is -2.46. The van der Waals surface area contributed by atoms with Crippen molar-refractivity contribution in [3.05, 3.63) is 30.1 Å². The fourth-order valence-electron chi connectivity index (χ4n) is 2.06. The minimum absolute atomic E-state index is 0.190. The molecule has 0 amide bonds. The molecule has 1 heterocycles. The van der Waals surface area contributed by atoms with Crippen LogP contribution in [0.2, 0.25) is 0 Å². The molecule has 0 aliphatic rings. The predicted molar refractivity (Wildman–Crippen MR) is 82.4 cm³/mol. The van der Waals surface area contributed by atoms with Crippen LogP contribution in [0.25, 0.3) is 0 Å². The maximum Gasteiger partial charge on any atom is 0.0416 e. The summed E-state index contributed by atoms with van der Waals surface area (Å²) in [4.78, 5) is 6.82. The Labute approximate surface area is 118 Å². The van der Waals surface area contributed by atoms with Gasteiger partial charge in [-0.3, -0.25) is 4.98 Å². The molecule has 1 atom stereocenters. The van der Waals surface area contributed by atoms with Crippen molar-refractivity contribution < 1.29 is 0 Å². The largest absolute Gasteiger partial charge is 0.311 e. The van der Waals surface area contributed by atoms with Crippen molar-refractivity contribution in [2.24, 2.45) is 0 Å². The number of hydrogen-bond donors (Lipinski definition) is 1. The van der Waals surface area contributed by atoms with E-state index in [4.69, 9.17) is 0 Å². The molecule has 0 aliphatic carbocycles. The number of nitrogens with one attached hydrogen (secondary N) is 1. The van der Waals surface area contributed by atoms with Crippen LogP contribution in [0.3, 0.4) is 0 Å². The Morgan fingerprint density at radius 2 is 2.05 bits per heavy atom. The van der Waals surface area contributed by atoms with Crippen LogP contribution in [-0.4, -0.2) is 41.6 Å². The lowest BCUT2D eigenvalue weighted by atomic mass is 10.1. The summed E-state index contributed by atoms with van der Waals surface area (Å²) in [5, 5.41) is 3.59. The molecule has 108 valence electrons. The van der Waals surface area contributed by atoms with Gasteiger partial charge < -0.3 is 10.2 Å². The molecule has 1 rings (SSSR count). The molecular weight excluding hydrogens is 234 g/mol. The molecule has 19 heavy (non-hydrogen) atoms. The molecule has 0 radical (unpaired) electrons. The molecule has 1 N–H and O–H groups in total. The molecule has 0 aliphatic heterocycles. The molecule has 1 unspecified atom stereocenters. The van der Waals surface area contributed by atoms with Crippen LogP contribution in [0.5, 0.6) is 0 Å². The van der Waals surface area contributed by atoms with E-state index in [1.165, 1.54) is 12.1 Å². The Bertz CT molecular complexity index is 343. The van der Waals surface area contributed by atoms with E-state index in [0.29, 0.717) is 6.04 Å². The lowest BCUT2D eigenvalue weighted by molar-refractivity contribution is 0.217. The summed E-state index contributed by atoms with van der Waals surface area (Å²) in [5.41, 5.74) is 1.36. The first kappa shape index (κ1) is 16.1. The summed E-state index contributed by atoms with van der Waals surface area (Å²) in [6.07, 6.45) is 4.05. The van der Waals surface area contributed by atoms with E-state index < -0.39 is 0 Å². The Balaban J connectivity index is 2.39. The van der Waals surface area contributed by atoms with Gasteiger partial charge in [-0.2, -0.15) is 0 Å². The van der Waals surface area contributed by atoms with Gasteiger partial charge in [-0.25, -0.2) is 0 Å². The van der Waals surface area contributed by atoms with Crippen LogP contribution in [-0.2, 0) is 6.42 Å². The van der Waals surface area contributed by atoms with Gasteiger partial charge in [0, 0.05) is 43.0 Å². The Morgan fingerprint density at radius 3 is 2.58 bits per heavy atom. The molecular formula is C16H29N3. The van der Waals surface area contributed by atoms with Gasteiger partial charge in [-0.1, -0.05) is 13.0 Å². The fourth-order valence-corrected chi connectivity index (χ4v) is 2.06. The van der Waals surface area contributed by atoms with Crippen molar-refractivity contribution in [2.45, 2.75) is 52.1 Å². The van der Waals surface area contributed by atoms with Crippen LogP contribution in [0.1, 0.15) is 39.8 Å². The molecule has 0 saturated carbocycles. The molecule has 1 aromatic rings. The summed E-state index contributed by atoms with van der Waals surface area (Å²) < 4.78 is 0. The number of likely N-dealkylation sites (N-methyl/N-ethyl adjacent to an activating group) is 1. The second kappa shape index (κ2) is 7.61. The highest BCUT2D eigenvalue weighted by molar-refractivity contribution is 5.03. The molecule has 0 fully saturated rings. The van der Waals surface area contributed by atoms with E-state index in [0.717, 1.165) is 19.5 Å². The number of pyridine rings is 1. The number of rotatable bonds is 7. The molecule has 0 aromatic carbocycles. The molecule has 1 aromatic heterocycles. The first-order chi connectivity index (χ1) is 8.92. The van der Waals surface area contributed by atoms with Gasteiger partial charge in [-0.05, 0) is 46.4 Å². The van der Waals surface area contributed by atoms with Gasteiger partial charge in [-0.15, -0.1) is 0 Å². The van der Waals surface area contributed by atoms with Crippen LogP contribution < -0.4 is 5.32 Å². The standard InChI is InChI=1S/C16H29N3/c1-6-15(13-18-16(2,3)4)19(5)12-10-14-9-7-8-11-17-14/h7-9,11,15,18H,6,10,12-13H2,1-5H3. The maximum atomic E-state index is 4.38. The summed E-state index contributed by atoms with van der Waals surface area (Å²) in [6.45, 7) is 11.0. The topological polar surface area (TPSA) is 28.2 Å². The second-order valence-corrected chi connectivity index (χ2v) is 6.24. The van der Waals surface area contributed by atoms with Crippen molar-refractivity contribution in [3.63, 3.8) is 0 Å². The van der Waals surface area contributed by atoms with Crippen LogP contribution in [0.4, 0.5) is 0 Å². The van der Waals surface area contributed by atoms with E-state index >= 15 is 0 Å². The predicted octanol–water partition coefficient (Wildman–Crippen LogP) is 2.72. The van der Waals surface area contributed by atoms with Gasteiger partial charge >= 0.3 is 0 Å². The highest BCUT2D eigenvalue weighted by Gasteiger charge is 2.16.